The smallest absolute Gasteiger partial charge is 0.419 e. The Morgan fingerprint density at radius 1 is 1.12 bits per heavy atom. The second-order valence-electron chi connectivity index (χ2n) is 6.77. The average molecular weight is 443 g/mol. The predicted molar refractivity (Wildman–Crippen MR) is 112 cm³/mol. The molecule has 0 fully saturated rings. The van der Waals surface area contributed by atoms with Gasteiger partial charge in [0.1, 0.15) is 5.75 Å². The summed E-state index contributed by atoms with van der Waals surface area (Å²) in [6, 6.07) is 7.21. The molecule has 0 spiro atoms. The molecule has 0 aliphatic carbocycles. The summed E-state index contributed by atoms with van der Waals surface area (Å²) in [7, 11) is 1.11. The number of halogens is 3. The van der Waals surface area contributed by atoms with E-state index in [1.54, 1.807) is 30.5 Å². The lowest BCUT2D eigenvalue weighted by Gasteiger charge is -2.14. The summed E-state index contributed by atoms with van der Waals surface area (Å²) < 4.78 is 43.7. The van der Waals surface area contributed by atoms with Crippen LogP contribution in [-0.2, 0) is 11.0 Å². The fourth-order valence-corrected chi connectivity index (χ4v) is 3.21. The van der Waals surface area contributed by atoms with Crippen LogP contribution in [0.5, 0.6) is 5.75 Å². The van der Waals surface area contributed by atoms with Gasteiger partial charge in [-0.05, 0) is 30.3 Å². The van der Waals surface area contributed by atoms with Gasteiger partial charge in [0, 0.05) is 23.0 Å². The topological polar surface area (TPSA) is 108 Å². The number of anilines is 3. The number of H-pyrrole nitrogens is 1. The van der Waals surface area contributed by atoms with Gasteiger partial charge in [-0.25, -0.2) is 9.78 Å². The van der Waals surface area contributed by atoms with Gasteiger partial charge >= 0.3 is 12.2 Å². The molecule has 0 saturated carbocycles. The Morgan fingerprint density at radius 2 is 1.84 bits per heavy atom. The van der Waals surface area contributed by atoms with Gasteiger partial charge in [0.15, 0.2) is 0 Å². The number of nitrogens with one attached hydrogen (secondary N) is 4. The quantitative estimate of drug-likeness (QED) is 0.443. The minimum Gasteiger partial charge on any atom is -0.496 e. The Labute approximate surface area is 179 Å². The highest BCUT2D eigenvalue weighted by Crippen LogP contribution is 2.38. The molecule has 2 aromatic carbocycles. The van der Waals surface area contributed by atoms with Crippen LogP contribution in [0, 0.1) is 0 Å². The molecular formula is C21H16F3N5O3. The fourth-order valence-electron chi connectivity index (χ4n) is 3.21. The van der Waals surface area contributed by atoms with Crippen molar-refractivity contribution >= 4 is 40.6 Å². The lowest BCUT2D eigenvalue weighted by atomic mass is 10.1. The molecule has 0 saturated heterocycles. The molecule has 11 heteroatoms. The van der Waals surface area contributed by atoms with Crippen LogP contribution in [0.4, 0.5) is 35.0 Å². The van der Waals surface area contributed by atoms with Crippen LogP contribution in [-0.4, -0.2) is 29.0 Å². The fraction of sp³-hybridized carbons (Fsp3) is 0.0952. The number of methoxy groups -OCH3 is 1. The molecule has 1 aliphatic heterocycles. The molecular weight excluding hydrogens is 427 g/mol. The van der Waals surface area contributed by atoms with Crippen LogP contribution in [0.15, 0.2) is 48.9 Å². The number of fused-ring (bicyclic) bond motifs is 1. The number of carbonyl (C=O) groups excluding carboxylic acids is 2. The van der Waals surface area contributed by atoms with E-state index in [9.17, 15) is 22.8 Å². The highest BCUT2D eigenvalue weighted by atomic mass is 19.4. The van der Waals surface area contributed by atoms with Crippen molar-refractivity contribution in [2.45, 2.75) is 6.18 Å². The van der Waals surface area contributed by atoms with Crippen LogP contribution in [0.3, 0.4) is 0 Å². The number of ether oxygens (including phenoxy) is 1. The van der Waals surface area contributed by atoms with Crippen molar-refractivity contribution in [1.29, 1.82) is 0 Å². The van der Waals surface area contributed by atoms with E-state index in [0.29, 0.717) is 28.2 Å². The van der Waals surface area contributed by atoms with Crippen molar-refractivity contribution < 1.29 is 27.5 Å². The zero-order valence-electron chi connectivity index (χ0n) is 16.5. The van der Waals surface area contributed by atoms with Crippen molar-refractivity contribution in [2.24, 2.45) is 0 Å². The molecule has 0 bridgehead atoms. The minimum atomic E-state index is -4.58. The molecule has 1 aliphatic rings. The van der Waals surface area contributed by atoms with Crippen LogP contribution < -0.4 is 20.7 Å². The molecule has 1 aromatic heterocycles. The third kappa shape index (κ3) is 4.26. The van der Waals surface area contributed by atoms with E-state index >= 15 is 0 Å². The molecule has 0 atom stereocenters. The molecule has 4 rings (SSSR count). The minimum absolute atomic E-state index is 0.117. The summed E-state index contributed by atoms with van der Waals surface area (Å²) in [6.45, 7) is 0. The highest BCUT2D eigenvalue weighted by molar-refractivity contribution is 6.35. The van der Waals surface area contributed by atoms with Crippen LogP contribution in [0.2, 0.25) is 0 Å². The Bertz CT molecular complexity index is 1220. The predicted octanol–water partition coefficient (Wildman–Crippen LogP) is 4.57. The molecule has 8 nitrogen and oxygen atoms in total. The molecule has 2 heterocycles. The molecule has 164 valence electrons. The lowest BCUT2D eigenvalue weighted by molar-refractivity contribution is -0.138. The molecule has 32 heavy (non-hydrogen) atoms. The van der Waals surface area contributed by atoms with E-state index < -0.39 is 23.5 Å². The van der Waals surface area contributed by atoms with Gasteiger partial charge in [-0.15, -0.1) is 0 Å². The first-order valence-electron chi connectivity index (χ1n) is 9.23. The summed E-state index contributed by atoms with van der Waals surface area (Å²) in [6.07, 6.45) is 0.157. The van der Waals surface area contributed by atoms with E-state index in [2.05, 4.69) is 25.9 Å². The van der Waals surface area contributed by atoms with Gasteiger partial charge in [0.25, 0.3) is 5.91 Å². The third-order valence-electron chi connectivity index (χ3n) is 4.64. The van der Waals surface area contributed by atoms with Crippen molar-refractivity contribution in [3.05, 3.63) is 65.7 Å². The van der Waals surface area contributed by atoms with E-state index in [4.69, 9.17) is 4.74 Å². The van der Waals surface area contributed by atoms with Gasteiger partial charge in [0.2, 0.25) is 0 Å². The maximum atomic E-state index is 13.0. The molecule has 3 aromatic rings. The van der Waals surface area contributed by atoms with Gasteiger partial charge in [-0.1, -0.05) is 6.07 Å². The van der Waals surface area contributed by atoms with Crippen molar-refractivity contribution in [3.8, 4) is 5.75 Å². The van der Waals surface area contributed by atoms with E-state index in [-0.39, 0.29) is 11.6 Å². The zero-order valence-corrected chi connectivity index (χ0v) is 16.5. The number of nitrogens with zero attached hydrogens (tertiary/aromatic N) is 1. The summed E-state index contributed by atoms with van der Waals surface area (Å²) >= 11 is 0. The Morgan fingerprint density at radius 3 is 2.50 bits per heavy atom. The standard InChI is InChI=1S/C21H16F3N5O3/c1-32-18-8-12(3-5-16(18)21(22,23)24)28-20(31)27-11-2-4-14-15(6-13-9-25-10-26-13)19(30)29-17(14)7-11/h2-10H,1H3,(H,25,26)(H,29,30)(H2,27,28,31)/b15-6-. The largest absolute Gasteiger partial charge is 0.496 e. The van der Waals surface area contributed by atoms with E-state index in [1.165, 1.54) is 6.33 Å². The van der Waals surface area contributed by atoms with Crippen LogP contribution >= 0.6 is 0 Å². The first kappa shape index (κ1) is 21.0. The Balaban J connectivity index is 1.48. The number of alkyl halides is 3. The Kier molecular flexibility index (Phi) is 5.31. The van der Waals surface area contributed by atoms with Crippen molar-refractivity contribution in [3.63, 3.8) is 0 Å². The lowest BCUT2D eigenvalue weighted by Crippen LogP contribution is -2.19. The molecule has 4 N–H and O–H groups in total. The number of urea groups is 1. The monoisotopic (exact) mass is 443 g/mol. The van der Waals surface area contributed by atoms with Crippen molar-refractivity contribution in [1.82, 2.24) is 9.97 Å². The van der Waals surface area contributed by atoms with Gasteiger partial charge < -0.3 is 25.7 Å². The number of amides is 3. The average Bonchev–Trinajstić information content (AvgIpc) is 3.35. The first-order valence-corrected chi connectivity index (χ1v) is 9.23. The molecule has 3 amide bonds. The maximum absolute atomic E-state index is 13.0. The third-order valence-corrected chi connectivity index (χ3v) is 4.64. The van der Waals surface area contributed by atoms with E-state index in [0.717, 1.165) is 25.3 Å². The highest BCUT2D eigenvalue weighted by Gasteiger charge is 2.34. The van der Waals surface area contributed by atoms with Crippen LogP contribution in [0.25, 0.3) is 11.6 Å². The number of carbonyl (C=O) groups is 2. The summed E-state index contributed by atoms with van der Waals surface area (Å²) in [4.78, 5) is 31.4. The van der Waals surface area contributed by atoms with Gasteiger partial charge in [-0.2, -0.15) is 13.2 Å². The van der Waals surface area contributed by atoms with Gasteiger partial charge in [-0.3, -0.25) is 4.79 Å². The Hall–Kier alpha value is -4.28. The van der Waals surface area contributed by atoms with Crippen molar-refractivity contribution in [2.75, 3.05) is 23.1 Å². The van der Waals surface area contributed by atoms with Gasteiger partial charge in [0.05, 0.1) is 42.2 Å². The number of hydrogen-bond donors (Lipinski definition) is 4. The van der Waals surface area contributed by atoms with E-state index in [1.807, 2.05) is 0 Å². The summed E-state index contributed by atoms with van der Waals surface area (Å²) in [5.74, 6) is -0.708. The van der Waals surface area contributed by atoms with Crippen LogP contribution in [0.1, 0.15) is 16.8 Å². The number of aromatic amines is 1. The first-order chi connectivity index (χ1) is 15.2. The maximum Gasteiger partial charge on any atom is 0.419 e. The molecule has 0 radical (unpaired) electrons. The molecule has 0 unspecified atom stereocenters. The summed E-state index contributed by atoms with van der Waals surface area (Å²) in [5.41, 5.74) is 1.82. The normalized spacial score (nSPS) is 14.1. The SMILES string of the molecule is COc1cc(NC(=O)Nc2ccc3c(c2)NC(=O)/C3=C\c2cnc[nH]2)ccc1C(F)(F)F. The number of benzene rings is 2. The second kappa shape index (κ2) is 8.10. The number of hydrogen-bond acceptors (Lipinski definition) is 4. The summed E-state index contributed by atoms with van der Waals surface area (Å²) in [5, 5.41) is 7.75. The zero-order chi connectivity index (χ0) is 22.9. The number of rotatable bonds is 4. The number of aromatic nitrogens is 2. The second-order valence-corrected chi connectivity index (χ2v) is 6.77. The number of imidazole rings is 1.